The minimum Gasteiger partial charge on any atom is -0.378 e. The van der Waals surface area contributed by atoms with E-state index in [-0.39, 0.29) is 5.41 Å². The van der Waals surface area contributed by atoms with Gasteiger partial charge in [0.1, 0.15) is 0 Å². The Morgan fingerprint density at radius 1 is 1.10 bits per heavy atom. The molecule has 0 radical (unpaired) electrons. The van der Waals surface area contributed by atoms with Crippen molar-refractivity contribution in [3.8, 4) is 0 Å². The zero-order valence-electron chi connectivity index (χ0n) is 13.0. The predicted molar refractivity (Wildman–Crippen MR) is 87.5 cm³/mol. The lowest BCUT2D eigenvalue weighted by molar-refractivity contribution is 0.0390. The highest BCUT2D eigenvalue weighted by molar-refractivity contribution is 5.86. The van der Waals surface area contributed by atoms with Gasteiger partial charge in [0.05, 0.1) is 6.10 Å². The predicted octanol–water partition coefficient (Wildman–Crippen LogP) is 4.93. The zero-order valence-corrected chi connectivity index (χ0v) is 13.0. The van der Waals surface area contributed by atoms with Gasteiger partial charge in [0.25, 0.3) is 0 Å². The lowest BCUT2D eigenvalue weighted by atomic mass is 9.64. The zero-order chi connectivity index (χ0) is 14.4. The molecule has 0 N–H and O–H groups in total. The van der Waals surface area contributed by atoms with Gasteiger partial charge in [-0.05, 0) is 52.8 Å². The average Bonchev–Trinajstić information content (AvgIpc) is 2.87. The SMILES string of the molecule is CC1COC2CC(C)(c3cccc4ccccc34)CCC12. The molecule has 1 nitrogen and oxygen atoms in total. The molecule has 1 aliphatic heterocycles. The van der Waals surface area contributed by atoms with E-state index in [1.807, 2.05) is 0 Å². The summed E-state index contributed by atoms with van der Waals surface area (Å²) in [6.45, 7) is 5.75. The van der Waals surface area contributed by atoms with Crippen LogP contribution in [0.3, 0.4) is 0 Å². The van der Waals surface area contributed by atoms with Crippen molar-refractivity contribution in [2.75, 3.05) is 6.61 Å². The molecule has 110 valence electrons. The Balaban J connectivity index is 1.74. The standard InChI is InChI=1S/C20H24O/c1-14-13-21-19-12-20(2,11-10-16(14)19)18-9-5-7-15-6-3-4-8-17(15)18/h3-9,14,16,19H,10-13H2,1-2H3. The number of hydrogen-bond donors (Lipinski definition) is 0. The minimum atomic E-state index is 0.256. The fourth-order valence-electron chi connectivity index (χ4n) is 4.60. The molecule has 4 rings (SSSR count). The van der Waals surface area contributed by atoms with Crippen LogP contribution in [0.1, 0.15) is 38.7 Å². The highest BCUT2D eigenvalue weighted by Crippen LogP contribution is 2.48. The average molecular weight is 280 g/mol. The first-order valence-corrected chi connectivity index (χ1v) is 8.27. The van der Waals surface area contributed by atoms with Gasteiger partial charge >= 0.3 is 0 Å². The van der Waals surface area contributed by atoms with Crippen molar-refractivity contribution in [3.05, 3.63) is 48.0 Å². The van der Waals surface area contributed by atoms with Crippen LogP contribution in [0.4, 0.5) is 0 Å². The number of rotatable bonds is 1. The van der Waals surface area contributed by atoms with E-state index in [4.69, 9.17) is 4.74 Å². The Hall–Kier alpha value is -1.34. The first-order valence-electron chi connectivity index (χ1n) is 8.27. The third-order valence-corrected chi connectivity index (χ3v) is 5.90. The van der Waals surface area contributed by atoms with Gasteiger partial charge in [0.15, 0.2) is 0 Å². The summed E-state index contributed by atoms with van der Waals surface area (Å²) < 4.78 is 6.10. The van der Waals surface area contributed by atoms with Gasteiger partial charge in [0.2, 0.25) is 0 Å². The van der Waals surface area contributed by atoms with Gasteiger partial charge < -0.3 is 4.74 Å². The lowest BCUT2D eigenvalue weighted by Crippen LogP contribution is -2.37. The van der Waals surface area contributed by atoms with Crippen LogP contribution in [-0.4, -0.2) is 12.7 Å². The summed E-state index contributed by atoms with van der Waals surface area (Å²) in [6, 6.07) is 15.6. The Kier molecular flexibility index (Phi) is 3.08. The van der Waals surface area contributed by atoms with Crippen LogP contribution in [0.2, 0.25) is 0 Å². The molecule has 0 spiro atoms. The molecule has 0 aromatic heterocycles. The molecule has 2 fully saturated rings. The topological polar surface area (TPSA) is 9.23 Å². The van der Waals surface area contributed by atoms with E-state index in [9.17, 15) is 0 Å². The second-order valence-electron chi connectivity index (χ2n) is 7.34. The highest BCUT2D eigenvalue weighted by Gasteiger charge is 2.44. The maximum atomic E-state index is 6.10. The van der Waals surface area contributed by atoms with Crippen molar-refractivity contribution in [1.29, 1.82) is 0 Å². The van der Waals surface area contributed by atoms with Crippen LogP contribution in [0.25, 0.3) is 10.8 Å². The molecule has 1 heteroatoms. The molecule has 4 atom stereocenters. The van der Waals surface area contributed by atoms with Gasteiger partial charge in [-0.15, -0.1) is 0 Å². The largest absolute Gasteiger partial charge is 0.378 e. The van der Waals surface area contributed by atoms with Crippen LogP contribution in [0.15, 0.2) is 42.5 Å². The molecule has 1 aliphatic carbocycles. The quantitative estimate of drug-likeness (QED) is 0.719. The van der Waals surface area contributed by atoms with Crippen LogP contribution in [0, 0.1) is 11.8 Å². The van der Waals surface area contributed by atoms with Gasteiger partial charge in [-0.3, -0.25) is 0 Å². The molecule has 1 saturated carbocycles. The van der Waals surface area contributed by atoms with Crippen molar-refractivity contribution in [2.45, 2.75) is 44.6 Å². The summed E-state index contributed by atoms with van der Waals surface area (Å²) in [4.78, 5) is 0. The number of hydrogen-bond acceptors (Lipinski definition) is 1. The molecule has 2 aromatic rings. The molecule has 4 unspecified atom stereocenters. The molecule has 0 amide bonds. The second kappa shape index (κ2) is 4.84. The third-order valence-electron chi connectivity index (χ3n) is 5.90. The summed E-state index contributed by atoms with van der Waals surface area (Å²) >= 11 is 0. The molecule has 2 aliphatic rings. The fraction of sp³-hybridized carbons (Fsp3) is 0.500. The van der Waals surface area contributed by atoms with E-state index >= 15 is 0 Å². The van der Waals surface area contributed by atoms with E-state index < -0.39 is 0 Å². The number of fused-ring (bicyclic) bond motifs is 2. The highest BCUT2D eigenvalue weighted by atomic mass is 16.5. The van der Waals surface area contributed by atoms with E-state index in [2.05, 4.69) is 56.3 Å². The van der Waals surface area contributed by atoms with Crippen molar-refractivity contribution in [1.82, 2.24) is 0 Å². The Bertz CT molecular complexity index is 656. The normalized spacial score (nSPS) is 35.8. The maximum Gasteiger partial charge on any atom is 0.0615 e. The molecule has 2 aromatic carbocycles. The van der Waals surface area contributed by atoms with Gasteiger partial charge in [-0.1, -0.05) is 56.3 Å². The Morgan fingerprint density at radius 3 is 2.81 bits per heavy atom. The molecule has 21 heavy (non-hydrogen) atoms. The van der Waals surface area contributed by atoms with Crippen LogP contribution >= 0.6 is 0 Å². The molecule has 0 bridgehead atoms. The van der Waals surface area contributed by atoms with Crippen molar-refractivity contribution in [2.24, 2.45) is 11.8 Å². The van der Waals surface area contributed by atoms with Crippen LogP contribution in [0.5, 0.6) is 0 Å². The van der Waals surface area contributed by atoms with Crippen LogP contribution < -0.4 is 0 Å². The Morgan fingerprint density at radius 2 is 1.90 bits per heavy atom. The molecular formula is C20H24O. The molecular weight excluding hydrogens is 256 g/mol. The lowest BCUT2D eigenvalue weighted by Gasteiger charge is -2.41. The fourth-order valence-corrected chi connectivity index (χ4v) is 4.60. The number of benzene rings is 2. The summed E-state index contributed by atoms with van der Waals surface area (Å²) in [6.07, 6.45) is 4.25. The summed E-state index contributed by atoms with van der Waals surface area (Å²) in [5.41, 5.74) is 1.77. The first kappa shape index (κ1) is 13.3. The van der Waals surface area contributed by atoms with E-state index in [1.54, 1.807) is 0 Å². The summed E-state index contributed by atoms with van der Waals surface area (Å²) in [5, 5.41) is 2.78. The maximum absolute atomic E-state index is 6.10. The van der Waals surface area contributed by atoms with Crippen molar-refractivity contribution in [3.63, 3.8) is 0 Å². The molecule has 1 heterocycles. The van der Waals surface area contributed by atoms with Crippen molar-refractivity contribution >= 4 is 10.8 Å². The molecule has 1 saturated heterocycles. The third kappa shape index (κ3) is 2.10. The van der Waals surface area contributed by atoms with Crippen molar-refractivity contribution < 1.29 is 4.74 Å². The van der Waals surface area contributed by atoms with Crippen LogP contribution in [-0.2, 0) is 10.2 Å². The van der Waals surface area contributed by atoms with E-state index in [1.165, 1.54) is 35.6 Å². The smallest absolute Gasteiger partial charge is 0.0615 e. The first-order chi connectivity index (χ1) is 10.2. The van der Waals surface area contributed by atoms with Gasteiger partial charge in [0, 0.05) is 6.61 Å². The van der Waals surface area contributed by atoms with E-state index in [0.717, 1.165) is 18.4 Å². The van der Waals surface area contributed by atoms with Gasteiger partial charge in [-0.25, -0.2) is 0 Å². The monoisotopic (exact) mass is 280 g/mol. The summed E-state index contributed by atoms with van der Waals surface area (Å²) in [5.74, 6) is 1.53. The second-order valence-corrected chi connectivity index (χ2v) is 7.34. The number of ether oxygens (including phenoxy) is 1. The minimum absolute atomic E-state index is 0.256. The van der Waals surface area contributed by atoms with E-state index in [0.29, 0.717) is 6.10 Å². The summed E-state index contributed by atoms with van der Waals surface area (Å²) in [7, 11) is 0. The van der Waals surface area contributed by atoms with Gasteiger partial charge in [-0.2, -0.15) is 0 Å². The Labute approximate surface area is 127 Å².